The zero-order valence-corrected chi connectivity index (χ0v) is 9.52. The van der Waals surface area contributed by atoms with E-state index in [1.54, 1.807) is 0 Å². The summed E-state index contributed by atoms with van der Waals surface area (Å²) in [7, 11) is 1.48. The summed E-state index contributed by atoms with van der Waals surface area (Å²) < 4.78 is 0. The molecule has 6 nitrogen and oxygen atoms in total. The van der Waals surface area contributed by atoms with Gasteiger partial charge in [-0.15, -0.1) is 11.8 Å². The second kappa shape index (κ2) is 7.10. The molecule has 0 radical (unpaired) electrons. The minimum Gasteiger partial charge on any atom is -0.369 e. The van der Waals surface area contributed by atoms with Gasteiger partial charge in [-0.3, -0.25) is 14.4 Å². The maximum atomic E-state index is 11.3. The summed E-state index contributed by atoms with van der Waals surface area (Å²) >= 11 is 1.21. The van der Waals surface area contributed by atoms with Gasteiger partial charge in [-0.2, -0.15) is 0 Å². The van der Waals surface area contributed by atoms with Gasteiger partial charge >= 0.3 is 0 Å². The fourth-order valence-electron chi connectivity index (χ4n) is 0.880. The highest BCUT2D eigenvalue weighted by Gasteiger charge is 2.17. The Morgan fingerprint density at radius 2 is 2.00 bits per heavy atom. The van der Waals surface area contributed by atoms with E-state index in [4.69, 9.17) is 5.73 Å². The van der Waals surface area contributed by atoms with E-state index in [0.29, 0.717) is 5.75 Å². The topological polar surface area (TPSA) is 101 Å². The van der Waals surface area contributed by atoms with Gasteiger partial charge in [0.25, 0.3) is 0 Å². The van der Waals surface area contributed by atoms with Crippen LogP contribution < -0.4 is 16.4 Å². The van der Waals surface area contributed by atoms with E-state index in [-0.39, 0.29) is 17.6 Å². The maximum Gasteiger partial charge on any atom is 0.243 e. The van der Waals surface area contributed by atoms with Gasteiger partial charge in [-0.05, 0) is 0 Å². The zero-order chi connectivity index (χ0) is 11.8. The van der Waals surface area contributed by atoms with Crippen molar-refractivity contribution in [3.8, 4) is 0 Å². The third kappa shape index (κ3) is 6.78. The molecule has 15 heavy (non-hydrogen) atoms. The molecule has 0 aliphatic rings. The molecule has 0 aliphatic carbocycles. The van der Waals surface area contributed by atoms with Crippen LogP contribution in [0.1, 0.15) is 6.92 Å². The number of hydrogen-bond acceptors (Lipinski definition) is 4. The SMILES string of the molecule is CNC(=O)[C@H](CSCC(N)=O)NC(C)=O. The summed E-state index contributed by atoms with van der Waals surface area (Å²) in [5.74, 6) is -0.570. The summed E-state index contributed by atoms with van der Waals surface area (Å²) in [5.41, 5.74) is 4.94. The van der Waals surface area contributed by atoms with Gasteiger partial charge in [-0.1, -0.05) is 0 Å². The molecule has 0 aromatic heterocycles. The first kappa shape index (κ1) is 13.8. The molecular formula is C8H15N3O3S. The number of amides is 3. The fourth-order valence-corrected chi connectivity index (χ4v) is 1.67. The summed E-state index contributed by atoms with van der Waals surface area (Å²) in [4.78, 5) is 32.5. The lowest BCUT2D eigenvalue weighted by Gasteiger charge is -2.15. The van der Waals surface area contributed by atoms with Crippen LogP contribution in [0.3, 0.4) is 0 Å². The first-order chi connectivity index (χ1) is 6.97. The molecule has 0 aliphatic heterocycles. The maximum absolute atomic E-state index is 11.3. The molecule has 1 atom stereocenters. The molecule has 4 N–H and O–H groups in total. The summed E-state index contributed by atoms with van der Waals surface area (Å²) in [5, 5.41) is 4.91. The number of nitrogens with one attached hydrogen (secondary N) is 2. The van der Waals surface area contributed by atoms with Gasteiger partial charge in [0.1, 0.15) is 6.04 Å². The lowest BCUT2D eigenvalue weighted by atomic mass is 10.3. The Bertz CT molecular complexity index is 258. The Morgan fingerprint density at radius 1 is 1.40 bits per heavy atom. The number of primary amides is 1. The van der Waals surface area contributed by atoms with Crippen LogP contribution in [0.2, 0.25) is 0 Å². The zero-order valence-electron chi connectivity index (χ0n) is 8.70. The second-order valence-electron chi connectivity index (χ2n) is 2.85. The van der Waals surface area contributed by atoms with Crippen molar-refractivity contribution in [1.82, 2.24) is 10.6 Å². The molecule has 0 spiro atoms. The van der Waals surface area contributed by atoms with E-state index >= 15 is 0 Å². The molecule has 0 aromatic carbocycles. The van der Waals surface area contributed by atoms with E-state index in [1.807, 2.05) is 0 Å². The van der Waals surface area contributed by atoms with Gasteiger partial charge in [0, 0.05) is 19.7 Å². The van der Waals surface area contributed by atoms with E-state index in [1.165, 1.54) is 25.7 Å². The summed E-state index contributed by atoms with van der Waals surface area (Å²) in [6.07, 6.45) is 0. The molecular weight excluding hydrogens is 218 g/mol. The molecule has 0 unspecified atom stereocenters. The number of hydrogen-bond donors (Lipinski definition) is 3. The average molecular weight is 233 g/mol. The number of carbonyl (C=O) groups is 3. The molecule has 86 valence electrons. The number of carbonyl (C=O) groups excluding carboxylic acids is 3. The number of rotatable bonds is 6. The van der Waals surface area contributed by atoms with Gasteiger partial charge < -0.3 is 16.4 Å². The standard InChI is InChI=1S/C8H15N3O3S/c1-5(12)11-6(8(14)10-2)3-15-4-7(9)13/h6H,3-4H2,1-2H3,(H2,9,13)(H,10,14)(H,11,12)/t6-/m0/s1. The predicted molar refractivity (Wildman–Crippen MR) is 58.2 cm³/mol. The second-order valence-corrected chi connectivity index (χ2v) is 3.88. The quantitative estimate of drug-likeness (QED) is 0.517. The predicted octanol–water partition coefficient (Wildman–Crippen LogP) is -1.54. The van der Waals surface area contributed by atoms with Crippen molar-refractivity contribution in [2.24, 2.45) is 5.73 Å². The average Bonchev–Trinajstić information content (AvgIpc) is 2.14. The Morgan fingerprint density at radius 3 is 2.40 bits per heavy atom. The monoisotopic (exact) mass is 233 g/mol. The van der Waals surface area contributed by atoms with Crippen LogP contribution >= 0.6 is 11.8 Å². The van der Waals surface area contributed by atoms with E-state index in [2.05, 4.69) is 10.6 Å². The Balaban J connectivity index is 4.07. The lowest BCUT2D eigenvalue weighted by Crippen LogP contribution is -2.46. The molecule has 0 saturated heterocycles. The Kier molecular flexibility index (Phi) is 6.52. The van der Waals surface area contributed by atoms with E-state index in [0.717, 1.165) is 0 Å². The molecule has 0 fully saturated rings. The highest BCUT2D eigenvalue weighted by atomic mass is 32.2. The number of nitrogens with two attached hydrogens (primary N) is 1. The Hall–Kier alpha value is -1.24. The lowest BCUT2D eigenvalue weighted by molar-refractivity contribution is -0.127. The van der Waals surface area contributed by atoms with Crippen LogP contribution in [0.25, 0.3) is 0 Å². The van der Waals surface area contributed by atoms with Crippen LogP contribution in [-0.2, 0) is 14.4 Å². The number of thioether (sulfide) groups is 1. The van der Waals surface area contributed by atoms with Crippen LogP contribution in [0.15, 0.2) is 0 Å². The Labute approximate surface area is 92.3 Å². The highest BCUT2D eigenvalue weighted by Crippen LogP contribution is 2.02. The van der Waals surface area contributed by atoms with Crippen molar-refractivity contribution >= 4 is 29.5 Å². The minimum absolute atomic E-state index is 0.132. The summed E-state index contributed by atoms with van der Waals surface area (Å²) in [6, 6.07) is -0.628. The molecule has 0 rings (SSSR count). The third-order valence-corrected chi connectivity index (χ3v) is 2.53. The van der Waals surface area contributed by atoms with Crippen molar-refractivity contribution in [3.05, 3.63) is 0 Å². The van der Waals surface area contributed by atoms with Gasteiger partial charge in [-0.25, -0.2) is 0 Å². The molecule has 0 heterocycles. The van der Waals surface area contributed by atoms with Crippen molar-refractivity contribution in [3.63, 3.8) is 0 Å². The molecule has 3 amide bonds. The number of likely N-dealkylation sites (N-methyl/N-ethyl adjacent to an activating group) is 1. The van der Waals surface area contributed by atoms with Crippen LogP contribution in [0, 0.1) is 0 Å². The smallest absolute Gasteiger partial charge is 0.243 e. The molecule has 0 bridgehead atoms. The van der Waals surface area contributed by atoms with Crippen LogP contribution in [-0.4, -0.2) is 42.3 Å². The van der Waals surface area contributed by atoms with E-state index < -0.39 is 11.9 Å². The largest absolute Gasteiger partial charge is 0.369 e. The van der Waals surface area contributed by atoms with Crippen molar-refractivity contribution in [2.75, 3.05) is 18.6 Å². The first-order valence-corrected chi connectivity index (χ1v) is 5.47. The fraction of sp³-hybridized carbons (Fsp3) is 0.625. The van der Waals surface area contributed by atoms with Crippen molar-refractivity contribution in [1.29, 1.82) is 0 Å². The summed E-state index contributed by atoms with van der Waals surface area (Å²) in [6.45, 7) is 1.33. The normalized spacial score (nSPS) is 11.6. The first-order valence-electron chi connectivity index (χ1n) is 4.32. The van der Waals surface area contributed by atoms with E-state index in [9.17, 15) is 14.4 Å². The van der Waals surface area contributed by atoms with Gasteiger partial charge in [0.05, 0.1) is 5.75 Å². The van der Waals surface area contributed by atoms with Crippen LogP contribution in [0.5, 0.6) is 0 Å². The van der Waals surface area contributed by atoms with Crippen molar-refractivity contribution < 1.29 is 14.4 Å². The van der Waals surface area contributed by atoms with Crippen molar-refractivity contribution in [2.45, 2.75) is 13.0 Å². The highest BCUT2D eigenvalue weighted by molar-refractivity contribution is 8.00. The third-order valence-electron chi connectivity index (χ3n) is 1.47. The minimum atomic E-state index is -0.628. The van der Waals surface area contributed by atoms with Crippen LogP contribution in [0.4, 0.5) is 0 Å². The molecule has 7 heteroatoms. The molecule has 0 aromatic rings. The molecule has 0 saturated carbocycles. The van der Waals surface area contributed by atoms with Gasteiger partial charge in [0.2, 0.25) is 17.7 Å². The van der Waals surface area contributed by atoms with Gasteiger partial charge in [0.15, 0.2) is 0 Å².